The molecule has 0 aliphatic carbocycles. The lowest BCUT2D eigenvalue weighted by Crippen LogP contribution is -2.48. The molecule has 0 N–H and O–H groups in total. The first-order valence-electron chi connectivity index (χ1n) is 11.0. The standard InChI is InChI=1S/C26H24BrN3O3/c1-33-19-9-6-17(7-10-19)14-29-15-18(8-11-23(29)24(32)16-31)30-22-5-3-2-4-20(22)25-21(27)12-13-28-26(25)30/h2-7,9-10,12-13,16,18,23H,8,11,14-15H2,1H3. The van der Waals surface area contributed by atoms with Crippen LogP contribution < -0.4 is 4.74 Å². The van der Waals surface area contributed by atoms with Gasteiger partial charge >= 0.3 is 0 Å². The Bertz CT molecular complexity index is 1330. The van der Waals surface area contributed by atoms with E-state index < -0.39 is 6.04 Å². The van der Waals surface area contributed by atoms with Gasteiger partial charge in [0, 0.05) is 40.6 Å². The van der Waals surface area contributed by atoms with E-state index in [4.69, 9.17) is 9.72 Å². The van der Waals surface area contributed by atoms with Gasteiger partial charge in [0.05, 0.1) is 18.7 Å². The quantitative estimate of drug-likeness (QED) is 0.274. The fourth-order valence-electron chi connectivity index (χ4n) is 5.01. The molecule has 2 unspecified atom stereocenters. The van der Waals surface area contributed by atoms with Crippen LogP contribution in [0, 0.1) is 0 Å². The third kappa shape index (κ3) is 3.96. The number of aldehydes is 1. The molecular formula is C26H24BrN3O3. The monoisotopic (exact) mass is 505 g/mol. The van der Waals surface area contributed by atoms with E-state index in [0.717, 1.165) is 44.1 Å². The Morgan fingerprint density at radius 3 is 2.70 bits per heavy atom. The number of Topliss-reactive ketones (excluding diaryl/α,β-unsaturated/α-hetero) is 1. The summed E-state index contributed by atoms with van der Waals surface area (Å²) in [5.74, 6) is 0.433. The molecule has 1 saturated heterocycles. The molecule has 1 aliphatic heterocycles. The van der Waals surface area contributed by atoms with Crippen molar-refractivity contribution in [3.05, 3.63) is 70.8 Å². The number of carbonyl (C=O) groups excluding carboxylic acids is 2. The summed E-state index contributed by atoms with van der Waals surface area (Å²) < 4.78 is 8.58. The van der Waals surface area contributed by atoms with Crippen molar-refractivity contribution in [2.45, 2.75) is 31.5 Å². The van der Waals surface area contributed by atoms with Gasteiger partial charge in [0.2, 0.25) is 5.78 Å². The Morgan fingerprint density at radius 1 is 1.15 bits per heavy atom. The normalized spacial score (nSPS) is 19.1. The van der Waals surface area contributed by atoms with Crippen LogP contribution in [0.15, 0.2) is 65.3 Å². The van der Waals surface area contributed by atoms with E-state index >= 15 is 0 Å². The van der Waals surface area contributed by atoms with Gasteiger partial charge in [-0.25, -0.2) is 4.98 Å². The van der Waals surface area contributed by atoms with Crippen LogP contribution in [0.1, 0.15) is 24.4 Å². The number of nitrogens with zero attached hydrogens (tertiary/aromatic N) is 3. The highest BCUT2D eigenvalue weighted by Gasteiger charge is 2.34. The summed E-state index contributed by atoms with van der Waals surface area (Å²) in [6.07, 6.45) is 3.70. The van der Waals surface area contributed by atoms with Gasteiger partial charge in [-0.05, 0) is 58.6 Å². The number of rotatable bonds is 6. The van der Waals surface area contributed by atoms with Crippen molar-refractivity contribution in [2.75, 3.05) is 13.7 Å². The van der Waals surface area contributed by atoms with Crippen molar-refractivity contribution >= 4 is 49.9 Å². The van der Waals surface area contributed by atoms with Crippen LogP contribution in [0.3, 0.4) is 0 Å². The lowest BCUT2D eigenvalue weighted by molar-refractivity contribution is -0.134. The van der Waals surface area contributed by atoms with Crippen molar-refractivity contribution in [3.8, 4) is 5.75 Å². The van der Waals surface area contributed by atoms with E-state index in [0.29, 0.717) is 25.8 Å². The number of carbonyl (C=O) groups is 2. The maximum absolute atomic E-state index is 12.5. The lowest BCUT2D eigenvalue weighted by atomic mass is 9.94. The van der Waals surface area contributed by atoms with E-state index in [1.807, 2.05) is 48.7 Å². The van der Waals surface area contributed by atoms with Crippen LogP contribution in [0.2, 0.25) is 0 Å². The number of para-hydroxylation sites is 1. The Kier molecular flexibility index (Phi) is 6.00. The molecule has 0 amide bonds. The SMILES string of the molecule is COc1ccc(CN2CC(n3c4ccccc4c4c(Br)ccnc43)CCC2C(=O)C=O)cc1. The summed E-state index contributed by atoms with van der Waals surface area (Å²) in [5.41, 5.74) is 3.13. The number of ketones is 1. The van der Waals surface area contributed by atoms with Crippen molar-refractivity contribution in [1.29, 1.82) is 0 Å². The summed E-state index contributed by atoms with van der Waals surface area (Å²) in [4.78, 5) is 30.7. The number of methoxy groups -OCH3 is 1. The Labute approximate surface area is 200 Å². The molecule has 2 aromatic heterocycles. The molecule has 6 nitrogen and oxygen atoms in total. The van der Waals surface area contributed by atoms with Crippen molar-refractivity contribution in [1.82, 2.24) is 14.5 Å². The number of ether oxygens (including phenoxy) is 1. The molecule has 4 aromatic rings. The number of likely N-dealkylation sites (tertiary alicyclic amines) is 1. The Balaban J connectivity index is 1.54. The molecule has 1 fully saturated rings. The zero-order valence-corrected chi connectivity index (χ0v) is 19.9. The second kappa shape index (κ2) is 9.08. The summed E-state index contributed by atoms with van der Waals surface area (Å²) >= 11 is 3.70. The molecular weight excluding hydrogens is 482 g/mol. The Hall–Kier alpha value is -3.03. The van der Waals surface area contributed by atoms with Gasteiger partial charge in [-0.2, -0.15) is 0 Å². The lowest BCUT2D eigenvalue weighted by Gasteiger charge is -2.39. The van der Waals surface area contributed by atoms with Crippen molar-refractivity contribution in [3.63, 3.8) is 0 Å². The molecule has 1 aliphatic rings. The highest BCUT2D eigenvalue weighted by atomic mass is 79.9. The van der Waals surface area contributed by atoms with Gasteiger partial charge in [-0.3, -0.25) is 14.5 Å². The fourth-order valence-corrected chi connectivity index (χ4v) is 5.52. The van der Waals surface area contributed by atoms with Crippen LogP contribution in [-0.2, 0) is 16.1 Å². The van der Waals surface area contributed by atoms with Crippen LogP contribution in [0.5, 0.6) is 5.75 Å². The number of aromatic nitrogens is 2. The molecule has 0 radical (unpaired) electrons. The van der Waals surface area contributed by atoms with Gasteiger partial charge in [0.15, 0.2) is 6.29 Å². The highest BCUT2D eigenvalue weighted by molar-refractivity contribution is 9.10. The van der Waals surface area contributed by atoms with Crippen LogP contribution in [0.4, 0.5) is 0 Å². The Morgan fingerprint density at radius 2 is 1.94 bits per heavy atom. The molecule has 168 valence electrons. The molecule has 2 atom stereocenters. The first kappa shape index (κ1) is 21.8. The first-order valence-corrected chi connectivity index (χ1v) is 11.8. The number of fused-ring (bicyclic) bond motifs is 3. The molecule has 2 aromatic carbocycles. The van der Waals surface area contributed by atoms with Gasteiger partial charge in [0.1, 0.15) is 11.4 Å². The predicted molar refractivity (Wildman–Crippen MR) is 131 cm³/mol. The molecule has 0 saturated carbocycles. The molecule has 33 heavy (non-hydrogen) atoms. The average molecular weight is 506 g/mol. The van der Waals surface area contributed by atoms with Crippen LogP contribution in [0.25, 0.3) is 21.9 Å². The van der Waals surface area contributed by atoms with Gasteiger partial charge < -0.3 is 9.30 Å². The van der Waals surface area contributed by atoms with E-state index in [1.165, 1.54) is 0 Å². The third-order valence-corrected chi connectivity index (χ3v) is 7.22. The van der Waals surface area contributed by atoms with Gasteiger partial charge in [0.25, 0.3) is 0 Å². The summed E-state index contributed by atoms with van der Waals surface area (Å²) in [7, 11) is 1.64. The van der Waals surface area contributed by atoms with E-state index in [1.54, 1.807) is 7.11 Å². The molecule has 0 bridgehead atoms. The number of hydrogen-bond donors (Lipinski definition) is 0. The predicted octanol–water partition coefficient (Wildman–Crippen LogP) is 4.93. The minimum absolute atomic E-state index is 0.128. The molecule has 5 rings (SSSR count). The minimum atomic E-state index is -0.409. The largest absolute Gasteiger partial charge is 0.497 e. The minimum Gasteiger partial charge on any atom is -0.497 e. The smallest absolute Gasteiger partial charge is 0.212 e. The van der Waals surface area contributed by atoms with Crippen LogP contribution >= 0.6 is 15.9 Å². The molecule has 0 spiro atoms. The third-order valence-electron chi connectivity index (χ3n) is 6.56. The molecule has 3 heterocycles. The maximum Gasteiger partial charge on any atom is 0.212 e. The van der Waals surface area contributed by atoms with Gasteiger partial charge in [-0.1, -0.05) is 30.3 Å². The van der Waals surface area contributed by atoms with E-state index in [-0.39, 0.29) is 11.8 Å². The zero-order chi connectivity index (χ0) is 22.9. The fraction of sp³-hybridized carbons (Fsp3) is 0.269. The summed E-state index contributed by atoms with van der Waals surface area (Å²) in [6.45, 7) is 1.23. The second-order valence-electron chi connectivity index (χ2n) is 8.42. The van der Waals surface area contributed by atoms with E-state index in [2.05, 4.69) is 37.5 Å². The maximum atomic E-state index is 12.5. The number of benzene rings is 2. The van der Waals surface area contributed by atoms with Crippen molar-refractivity contribution in [2.24, 2.45) is 0 Å². The summed E-state index contributed by atoms with van der Waals surface area (Å²) in [5, 5.41) is 2.25. The van der Waals surface area contributed by atoms with E-state index in [9.17, 15) is 9.59 Å². The van der Waals surface area contributed by atoms with Crippen LogP contribution in [-0.4, -0.2) is 46.2 Å². The number of halogens is 1. The van der Waals surface area contributed by atoms with Crippen molar-refractivity contribution < 1.29 is 14.3 Å². The summed E-state index contributed by atoms with van der Waals surface area (Å²) in [6, 6.07) is 17.9. The topological polar surface area (TPSA) is 64.4 Å². The molecule has 7 heteroatoms. The number of piperidine rings is 1. The number of pyridine rings is 1. The zero-order valence-electron chi connectivity index (χ0n) is 18.3. The highest BCUT2D eigenvalue weighted by Crippen LogP contribution is 2.38. The first-order chi connectivity index (χ1) is 16.1. The second-order valence-corrected chi connectivity index (χ2v) is 9.28. The van der Waals surface area contributed by atoms with Gasteiger partial charge in [-0.15, -0.1) is 0 Å². The average Bonchev–Trinajstić information content (AvgIpc) is 3.19. The number of hydrogen-bond acceptors (Lipinski definition) is 5.